The summed E-state index contributed by atoms with van der Waals surface area (Å²) in [6, 6.07) is 15.5. The molecule has 0 heterocycles. The topological polar surface area (TPSA) is 66.4 Å². The number of aliphatic hydroxyl groups is 1. The average molecular weight is 305 g/mol. The first-order valence-corrected chi connectivity index (χ1v) is 8.26. The lowest BCUT2D eigenvalue weighted by molar-refractivity contribution is 0.272. The highest BCUT2D eigenvalue weighted by Gasteiger charge is 2.20. The number of benzene rings is 2. The van der Waals surface area contributed by atoms with Crippen molar-refractivity contribution >= 4 is 10.0 Å². The van der Waals surface area contributed by atoms with Crippen LogP contribution in [0.5, 0.6) is 0 Å². The van der Waals surface area contributed by atoms with Crippen molar-refractivity contribution in [2.45, 2.75) is 24.3 Å². The van der Waals surface area contributed by atoms with E-state index in [9.17, 15) is 8.42 Å². The zero-order valence-electron chi connectivity index (χ0n) is 11.9. The summed E-state index contributed by atoms with van der Waals surface area (Å²) in [6.07, 6.45) is 0.328. The van der Waals surface area contributed by atoms with Gasteiger partial charge in [-0.2, -0.15) is 0 Å². The van der Waals surface area contributed by atoms with E-state index in [1.807, 2.05) is 37.3 Å². The van der Waals surface area contributed by atoms with E-state index in [0.717, 1.165) is 11.1 Å². The molecular weight excluding hydrogens is 286 g/mol. The van der Waals surface area contributed by atoms with Crippen molar-refractivity contribution in [2.75, 3.05) is 6.61 Å². The van der Waals surface area contributed by atoms with Gasteiger partial charge in [-0.25, -0.2) is 13.1 Å². The average Bonchev–Trinajstić information content (AvgIpc) is 2.48. The second-order valence-electron chi connectivity index (χ2n) is 4.91. The molecule has 0 aliphatic heterocycles. The molecule has 2 rings (SSSR count). The molecule has 2 aromatic rings. The van der Waals surface area contributed by atoms with E-state index in [1.54, 1.807) is 24.3 Å². The Balaban J connectivity index is 2.25. The fraction of sp³-hybridized carbons (Fsp3) is 0.250. The van der Waals surface area contributed by atoms with Crippen molar-refractivity contribution in [3.63, 3.8) is 0 Å². The lowest BCUT2D eigenvalue weighted by Gasteiger charge is -2.18. The van der Waals surface area contributed by atoms with Crippen LogP contribution in [0.25, 0.3) is 0 Å². The first-order chi connectivity index (χ1) is 10.0. The molecular formula is C16H19NO3S. The quantitative estimate of drug-likeness (QED) is 0.861. The molecule has 0 aliphatic carbocycles. The maximum absolute atomic E-state index is 12.4. The molecule has 0 amide bonds. The number of sulfonamides is 1. The van der Waals surface area contributed by atoms with Gasteiger partial charge in [0.25, 0.3) is 0 Å². The Morgan fingerprint density at radius 1 is 1.05 bits per heavy atom. The van der Waals surface area contributed by atoms with E-state index in [4.69, 9.17) is 5.11 Å². The molecule has 0 fully saturated rings. The normalized spacial score (nSPS) is 13.0. The van der Waals surface area contributed by atoms with Crippen LogP contribution in [0, 0.1) is 6.92 Å². The Morgan fingerprint density at radius 2 is 1.67 bits per heavy atom. The third-order valence-electron chi connectivity index (χ3n) is 3.25. The van der Waals surface area contributed by atoms with Gasteiger partial charge in [-0.15, -0.1) is 0 Å². The van der Waals surface area contributed by atoms with E-state index in [-0.39, 0.29) is 11.5 Å². The van der Waals surface area contributed by atoms with Gasteiger partial charge < -0.3 is 5.11 Å². The van der Waals surface area contributed by atoms with Crippen LogP contribution < -0.4 is 4.72 Å². The first kappa shape index (κ1) is 15.7. The molecule has 0 bridgehead atoms. The highest BCUT2D eigenvalue weighted by molar-refractivity contribution is 7.89. The maximum Gasteiger partial charge on any atom is 0.241 e. The van der Waals surface area contributed by atoms with Crippen molar-refractivity contribution in [3.05, 3.63) is 65.7 Å². The summed E-state index contributed by atoms with van der Waals surface area (Å²) in [4.78, 5) is 0.229. The number of hydrogen-bond acceptors (Lipinski definition) is 3. The molecule has 0 aliphatic rings. The van der Waals surface area contributed by atoms with Gasteiger partial charge in [0.2, 0.25) is 10.0 Å². The second-order valence-corrected chi connectivity index (χ2v) is 6.62. The lowest BCUT2D eigenvalue weighted by atomic mass is 10.1. The van der Waals surface area contributed by atoms with Gasteiger partial charge in [-0.3, -0.25) is 0 Å². The molecule has 0 saturated heterocycles. The standard InChI is InChI=1S/C16H19NO3S/c1-13-7-9-15(10-8-13)21(19,20)17-16(11-12-18)14-5-3-2-4-6-14/h2-10,16-18H,11-12H2,1H3. The number of aryl methyl sites for hydroxylation is 1. The van der Waals surface area contributed by atoms with Gasteiger partial charge >= 0.3 is 0 Å². The van der Waals surface area contributed by atoms with Crippen LogP contribution >= 0.6 is 0 Å². The van der Waals surface area contributed by atoms with Crippen molar-refractivity contribution in [3.8, 4) is 0 Å². The molecule has 0 aromatic heterocycles. The van der Waals surface area contributed by atoms with Gasteiger partial charge in [0.15, 0.2) is 0 Å². The van der Waals surface area contributed by atoms with E-state index >= 15 is 0 Å². The molecule has 1 atom stereocenters. The highest BCUT2D eigenvalue weighted by Crippen LogP contribution is 2.20. The largest absolute Gasteiger partial charge is 0.396 e. The third kappa shape index (κ3) is 4.14. The smallest absolute Gasteiger partial charge is 0.241 e. The predicted molar refractivity (Wildman–Crippen MR) is 82.4 cm³/mol. The Labute approximate surface area is 125 Å². The molecule has 2 N–H and O–H groups in total. The van der Waals surface area contributed by atoms with E-state index in [0.29, 0.717) is 6.42 Å². The van der Waals surface area contributed by atoms with Crippen LogP contribution in [0.2, 0.25) is 0 Å². The number of aliphatic hydroxyl groups excluding tert-OH is 1. The minimum atomic E-state index is -3.61. The minimum absolute atomic E-state index is 0.0873. The van der Waals surface area contributed by atoms with Gasteiger partial charge in [-0.1, -0.05) is 48.0 Å². The molecule has 4 nitrogen and oxygen atoms in total. The van der Waals surface area contributed by atoms with Gasteiger partial charge in [0, 0.05) is 12.6 Å². The van der Waals surface area contributed by atoms with Crippen LogP contribution in [0.3, 0.4) is 0 Å². The summed E-state index contributed by atoms with van der Waals surface area (Å²) in [6.45, 7) is 1.82. The summed E-state index contributed by atoms with van der Waals surface area (Å²) in [5.74, 6) is 0. The van der Waals surface area contributed by atoms with Crippen molar-refractivity contribution < 1.29 is 13.5 Å². The maximum atomic E-state index is 12.4. The minimum Gasteiger partial charge on any atom is -0.396 e. The van der Waals surface area contributed by atoms with E-state index in [2.05, 4.69) is 4.72 Å². The van der Waals surface area contributed by atoms with Gasteiger partial charge in [0.1, 0.15) is 0 Å². The number of nitrogens with one attached hydrogen (secondary N) is 1. The lowest BCUT2D eigenvalue weighted by Crippen LogP contribution is -2.29. The Bertz CT molecular complexity index is 666. The van der Waals surface area contributed by atoms with Crippen LogP contribution in [0.15, 0.2) is 59.5 Å². The molecule has 112 valence electrons. The molecule has 21 heavy (non-hydrogen) atoms. The van der Waals surface area contributed by atoms with Crippen molar-refractivity contribution in [1.29, 1.82) is 0 Å². The summed E-state index contributed by atoms with van der Waals surface area (Å²) >= 11 is 0. The van der Waals surface area contributed by atoms with E-state index in [1.165, 1.54) is 0 Å². The SMILES string of the molecule is Cc1ccc(S(=O)(=O)NC(CCO)c2ccccc2)cc1. The first-order valence-electron chi connectivity index (χ1n) is 6.78. The molecule has 5 heteroatoms. The second kappa shape index (κ2) is 6.85. The summed E-state index contributed by atoms with van der Waals surface area (Å²) in [5.41, 5.74) is 1.84. The summed E-state index contributed by atoms with van der Waals surface area (Å²) < 4.78 is 27.5. The fourth-order valence-electron chi connectivity index (χ4n) is 2.08. The molecule has 2 aromatic carbocycles. The highest BCUT2D eigenvalue weighted by atomic mass is 32.2. The van der Waals surface area contributed by atoms with Crippen LogP contribution in [-0.4, -0.2) is 20.1 Å². The predicted octanol–water partition coefficient (Wildman–Crippen LogP) is 2.40. The van der Waals surface area contributed by atoms with Gasteiger partial charge in [-0.05, 0) is 31.0 Å². The Kier molecular flexibility index (Phi) is 5.12. The monoisotopic (exact) mass is 305 g/mol. The Morgan fingerprint density at radius 3 is 2.24 bits per heavy atom. The van der Waals surface area contributed by atoms with Crippen molar-refractivity contribution in [1.82, 2.24) is 4.72 Å². The Hall–Kier alpha value is -1.69. The van der Waals surface area contributed by atoms with Crippen molar-refractivity contribution in [2.24, 2.45) is 0 Å². The van der Waals surface area contributed by atoms with Crippen LogP contribution in [-0.2, 0) is 10.0 Å². The molecule has 1 unspecified atom stereocenters. The number of hydrogen-bond donors (Lipinski definition) is 2. The molecule has 0 radical (unpaired) electrons. The third-order valence-corrected chi connectivity index (χ3v) is 4.74. The van der Waals surface area contributed by atoms with Gasteiger partial charge in [0.05, 0.1) is 4.90 Å². The summed E-state index contributed by atoms with van der Waals surface area (Å²) in [5, 5.41) is 9.17. The zero-order chi connectivity index (χ0) is 15.3. The number of rotatable bonds is 6. The molecule has 0 saturated carbocycles. The van der Waals surface area contributed by atoms with Crippen LogP contribution in [0.1, 0.15) is 23.6 Å². The molecule has 0 spiro atoms. The summed E-state index contributed by atoms with van der Waals surface area (Å²) in [7, 11) is -3.61. The fourth-order valence-corrected chi connectivity index (χ4v) is 3.34. The van der Waals surface area contributed by atoms with E-state index < -0.39 is 16.1 Å². The van der Waals surface area contributed by atoms with Crippen LogP contribution in [0.4, 0.5) is 0 Å². The zero-order valence-corrected chi connectivity index (χ0v) is 12.7.